The Balaban J connectivity index is 2.17. The van der Waals surface area contributed by atoms with Crippen LogP contribution in [0, 0.1) is 12.3 Å². The predicted molar refractivity (Wildman–Crippen MR) is 58.0 cm³/mol. The highest BCUT2D eigenvalue weighted by Crippen LogP contribution is 2.05. The number of hydrogen-bond acceptors (Lipinski definition) is 3. The second-order valence-corrected chi connectivity index (χ2v) is 3.74. The Hall–Kier alpha value is -0.560. The van der Waals surface area contributed by atoms with Crippen LogP contribution in [0.1, 0.15) is 19.3 Å². The minimum Gasteiger partial charge on any atom is -0.395 e. The Labute approximate surface area is 86.5 Å². The zero-order valence-electron chi connectivity index (χ0n) is 8.71. The average molecular weight is 196 g/mol. The predicted octanol–water partition coefficient (Wildman–Crippen LogP) is 0.0560. The highest BCUT2D eigenvalue weighted by atomic mass is 16.3. The number of piperazine rings is 1. The summed E-state index contributed by atoms with van der Waals surface area (Å²) in [6.07, 6.45) is 8.29. The third-order valence-electron chi connectivity index (χ3n) is 2.70. The second-order valence-electron chi connectivity index (χ2n) is 3.74. The number of hydrogen-bond donors (Lipinski definition) is 2. The summed E-state index contributed by atoms with van der Waals surface area (Å²) in [6, 6.07) is 0.301. The lowest BCUT2D eigenvalue weighted by atomic mass is 10.1. The van der Waals surface area contributed by atoms with E-state index < -0.39 is 0 Å². The van der Waals surface area contributed by atoms with E-state index in [0.29, 0.717) is 6.04 Å². The van der Waals surface area contributed by atoms with Crippen LogP contribution in [0.15, 0.2) is 0 Å². The lowest BCUT2D eigenvalue weighted by molar-refractivity contribution is 0.0992. The summed E-state index contributed by atoms with van der Waals surface area (Å²) < 4.78 is 0. The van der Waals surface area contributed by atoms with Crippen molar-refractivity contribution in [3.05, 3.63) is 0 Å². The van der Waals surface area contributed by atoms with Crippen LogP contribution in [0.5, 0.6) is 0 Å². The van der Waals surface area contributed by atoms with Crippen molar-refractivity contribution < 1.29 is 5.11 Å². The normalized spacial score (nSPS) is 23.3. The molecule has 3 nitrogen and oxygen atoms in total. The molecule has 0 saturated carbocycles. The van der Waals surface area contributed by atoms with Crippen LogP contribution in [0.25, 0.3) is 0 Å². The van der Waals surface area contributed by atoms with Crippen molar-refractivity contribution in [3.63, 3.8) is 0 Å². The highest BCUT2D eigenvalue weighted by molar-refractivity contribution is 4.84. The number of aliphatic hydroxyl groups excluding tert-OH is 1. The number of aliphatic hydroxyl groups is 1. The molecule has 1 rings (SSSR count). The van der Waals surface area contributed by atoms with E-state index in [0.717, 1.165) is 45.4 Å². The standard InChI is InChI=1S/C11H20N2O/c1-2-3-4-5-7-13-8-6-12-9-11(13)10-14/h1,11-12,14H,3-10H2. The Morgan fingerprint density at radius 2 is 2.36 bits per heavy atom. The molecule has 14 heavy (non-hydrogen) atoms. The molecule has 0 aromatic carbocycles. The molecular weight excluding hydrogens is 176 g/mol. The van der Waals surface area contributed by atoms with E-state index in [9.17, 15) is 0 Å². The van der Waals surface area contributed by atoms with E-state index in [1.807, 2.05) is 0 Å². The Kier molecular flexibility index (Phi) is 5.62. The van der Waals surface area contributed by atoms with Gasteiger partial charge in [-0.1, -0.05) is 0 Å². The van der Waals surface area contributed by atoms with Gasteiger partial charge in [0.15, 0.2) is 0 Å². The Bertz CT molecular complexity index is 188. The molecule has 0 bridgehead atoms. The molecule has 80 valence electrons. The quantitative estimate of drug-likeness (QED) is 0.482. The van der Waals surface area contributed by atoms with Crippen molar-refractivity contribution >= 4 is 0 Å². The fraction of sp³-hybridized carbons (Fsp3) is 0.818. The maximum atomic E-state index is 9.15. The molecule has 0 spiro atoms. The number of terminal acetylenes is 1. The number of nitrogens with zero attached hydrogens (tertiary/aromatic N) is 1. The third-order valence-corrected chi connectivity index (χ3v) is 2.70. The van der Waals surface area contributed by atoms with Crippen LogP contribution in [-0.2, 0) is 0 Å². The molecule has 0 radical (unpaired) electrons. The van der Waals surface area contributed by atoms with Gasteiger partial charge < -0.3 is 10.4 Å². The van der Waals surface area contributed by atoms with Gasteiger partial charge in [-0.05, 0) is 19.4 Å². The first-order valence-electron chi connectivity index (χ1n) is 5.37. The van der Waals surface area contributed by atoms with Gasteiger partial charge in [0, 0.05) is 32.1 Å². The monoisotopic (exact) mass is 196 g/mol. The molecule has 0 aromatic heterocycles. The lowest BCUT2D eigenvalue weighted by Crippen LogP contribution is -2.53. The van der Waals surface area contributed by atoms with Crippen molar-refractivity contribution in [1.82, 2.24) is 10.2 Å². The first kappa shape index (κ1) is 11.5. The number of rotatable bonds is 5. The topological polar surface area (TPSA) is 35.5 Å². The minimum absolute atomic E-state index is 0.252. The van der Waals surface area contributed by atoms with Gasteiger partial charge in [-0.15, -0.1) is 12.3 Å². The summed E-state index contributed by atoms with van der Waals surface area (Å²) in [5, 5.41) is 12.4. The largest absolute Gasteiger partial charge is 0.395 e. The minimum atomic E-state index is 0.252. The molecule has 0 aromatic rings. The highest BCUT2D eigenvalue weighted by Gasteiger charge is 2.20. The molecule has 0 aliphatic carbocycles. The molecule has 1 atom stereocenters. The van der Waals surface area contributed by atoms with Crippen LogP contribution in [0.3, 0.4) is 0 Å². The zero-order valence-corrected chi connectivity index (χ0v) is 8.71. The molecular formula is C11H20N2O. The van der Waals surface area contributed by atoms with Crippen molar-refractivity contribution in [2.45, 2.75) is 25.3 Å². The Morgan fingerprint density at radius 1 is 1.50 bits per heavy atom. The fourth-order valence-corrected chi connectivity index (χ4v) is 1.82. The van der Waals surface area contributed by atoms with Gasteiger partial charge in [0.05, 0.1) is 6.61 Å². The van der Waals surface area contributed by atoms with Crippen LogP contribution in [-0.4, -0.2) is 48.8 Å². The van der Waals surface area contributed by atoms with E-state index in [-0.39, 0.29) is 6.61 Å². The second kappa shape index (κ2) is 6.83. The molecule has 0 amide bonds. The summed E-state index contributed by atoms with van der Waals surface area (Å²) in [5.74, 6) is 2.65. The van der Waals surface area contributed by atoms with Crippen LogP contribution in [0.2, 0.25) is 0 Å². The van der Waals surface area contributed by atoms with Crippen LogP contribution >= 0.6 is 0 Å². The van der Waals surface area contributed by atoms with Gasteiger partial charge in [-0.2, -0.15) is 0 Å². The van der Waals surface area contributed by atoms with Crippen molar-refractivity contribution in [2.75, 3.05) is 32.8 Å². The third kappa shape index (κ3) is 3.67. The smallest absolute Gasteiger partial charge is 0.0599 e. The summed E-state index contributed by atoms with van der Waals surface area (Å²) in [5.41, 5.74) is 0. The van der Waals surface area contributed by atoms with Gasteiger partial charge >= 0.3 is 0 Å². The molecule has 2 N–H and O–H groups in total. The first-order valence-corrected chi connectivity index (χ1v) is 5.37. The van der Waals surface area contributed by atoms with Gasteiger partial charge in [-0.25, -0.2) is 0 Å². The maximum Gasteiger partial charge on any atom is 0.0599 e. The molecule has 3 heteroatoms. The van der Waals surface area contributed by atoms with Crippen LogP contribution < -0.4 is 5.32 Å². The van der Waals surface area contributed by atoms with E-state index in [1.165, 1.54) is 0 Å². The molecule has 1 aliphatic rings. The summed E-state index contributed by atoms with van der Waals surface area (Å²) in [6.45, 7) is 4.30. The zero-order chi connectivity index (χ0) is 10.2. The van der Waals surface area contributed by atoms with E-state index in [1.54, 1.807) is 0 Å². The summed E-state index contributed by atoms with van der Waals surface area (Å²) >= 11 is 0. The Morgan fingerprint density at radius 3 is 3.07 bits per heavy atom. The van der Waals surface area contributed by atoms with E-state index in [2.05, 4.69) is 16.1 Å². The van der Waals surface area contributed by atoms with Gasteiger partial charge in [-0.3, -0.25) is 4.90 Å². The van der Waals surface area contributed by atoms with E-state index >= 15 is 0 Å². The van der Waals surface area contributed by atoms with Gasteiger partial charge in [0.1, 0.15) is 0 Å². The van der Waals surface area contributed by atoms with Crippen molar-refractivity contribution in [2.24, 2.45) is 0 Å². The SMILES string of the molecule is C#CCCCCN1CCNCC1CO. The van der Waals surface area contributed by atoms with Gasteiger partial charge in [0.2, 0.25) is 0 Å². The molecule has 1 unspecified atom stereocenters. The maximum absolute atomic E-state index is 9.15. The van der Waals surface area contributed by atoms with Gasteiger partial charge in [0.25, 0.3) is 0 Å². The average Bonchev–Trinajstić information content (AvgIpc) is 2.25. The first-order chi connectivity index (χ1) is 6.88. The molecule has 1 heterocycles. The van der Waals surface area contributed by atoms with Crippen LogP contribution in [0.4, 0.5) is 0 Å². The summed E-state index contributed by atoms with van der Waals surface area (Å²) in [4.78, 5) is 2.35. The molecule has 1 aliphatic heterocycles. The van der Waals surface area contributed by atoms with Crippen molar-refractivity contribution in [1.29, 1.82) is 0 Å². The number of nitrogens with one attached hydrogen (secondary N) is 1. The van der Waals surface area contributed by atoms with Crippen molar-refractivity contribution in [3.8, 4) is 12.3 Å². The fourth-order valence-electron chi connectivity index (χ4n) is 1.82. The molecule has 1 fully saturated rings. The lowest BCUT2D eigenvalue weighted by Gasteiger charge is -2.34. The molecule has 1 saturated heterocycles. The summed E-state index contributed by atoms with van der Waals surface area (Å²) in [7, 11) is 0. The van der Waals surface area contributed by atoms with E-state index in [4.69, 9.17) is 11.5 Å². The number of unbranched alkanes of at least 4 members (excludes halogenated alkanes) is 2.